The van der Waals surface area contributed by atoms with Gasteiger partial charge in [-0.05, 0) is 38.5 Å². The fourth-order valence-corrected chi connectivity index (χ4v) is 2.65. The Kier molecular flexibility index (Phi) is 3.61. The molecule has 0 radical (unpaired) electrons. The molecule has 1 saturated carbocycles. The minimum atomic E-state index is -0.813. The number of rotatable bonds is 4. The largest absolute Gasteiger partial charge is 0.481 e. The van der Waals surface area contributed by atoms with Crippen molar-refractivity contribution in [3.63, 3.8) is 0 Å². The lowest BCUT2D eigenvalue weighted by Crippen LogP contribution is -2.49. The van der Waals surface area contributed by atoms with Crippen molar-refractivity contribution in [2.75, 3.05) is 13.1 Å². The van der Waals surface area contributed by atoms with E-state index in [1.165, 1.54) is 0 Å². The molecule has 0 aromatic carbocycles. The fraction of sp³-hybridized carbons (Fsp3) is 0.846. The average Bonchev–Trinajstić information content (AvgIpc) is 3.12. The number of likely N-dealkylation sites (tertiary alicyclic amines) is 1. The van der Waals surface area contributed by atoms with Crippen LogP contribution in [0.15, 0.2) is 0 Å². The van der Waals surface area contributed by atoms with E-state index in [9.17, 15) is 14.7 Å². The molecule has 2 atom stereocenters. The van der Waals surface area contributed by atoms with E-state index in [0.29, 0.717) is 31.8 Å². The zero-order chi connectivity index (χ0) is 13.3. The third-order valence-corrected chi connectivity index (χ3v) is 4.20. The van der Waals surface area contributed by atoms with Gasteiger partial charge in [0, 0.05) is 25.6 Å². The molecule has 0 bridgehead atoms. The number of carbonyl (C=O) groups is 2. The van der Waals surface area contributed by atoms with Crippen molar-refractivity contribution in [3.8, 4) is 0 Å². The van der Waals surface area contributed by atoms with E-state index in [-0.39, 0.29) is 11.9 Å². The summed E-state index contributed by atoms with van der Waals surface area (Å²) in [6.45, 7) is 2.70. The molecule has 5 heteroatoms. The van der Waals surface area contributed by atoms with Gasteiger partial charge in [0.05, 0.1) is 5.41 Å². The molecule has 102 valence electrons. The predicted octanol–water partition coefficient (Wildman–Crippen LogP) is 0.827. The van der Waals surface area contributed by atoms with Crippen molar-refractivity contribution >= 4 is 11.9 Å². The molecule has 0 spiro atoms. The molecule has 0 aromatic heterocycles. The molecular formula is C13H22N2O3. The van der Waals surface area contributed by atoms with Gasteiger partial charge in [-0.25, -0.2) is 0 Å². The summed E-state index contributed by atoms with van der Waals surface area (Å²) in [5.74, 6) is -0.294. The third kappa shape index (κ3) is 2.83. The Morgan fingerprint density at radius 1 is 1.50 bits per heavy atom. The Labute approximate surface area is 107 Å². The average molecular weight is 254 g/mol. The minimum absolute atomic E-state index is 0.0153. The molecule has 18 heavy (non-hydrogen) atoms. The number of hydrogen-bond donors (Lipinski definition) is 2. The molecule has 5 nitrogen and oxygen atoms in total. The maximum Gasteiger partial charge on any atom is 0.311 e. The lowest BCUT2D eigenvalue weighted by molar-refractivity contribution is -0.153. The molecule has 1 aliphatic carbocycles. The highest BCUT2D eigenvalue weighted by atomic mass is 16.4. The molecule has 3 N–H and O–H groups in total. The van der Waals surface area contributed by atoms with E-state index in [0.717, 1.165) is 19.3 Å². The van der Waals surface area contributed by atoms with Crippen LogP contribution in [-0.2, 0) is 9.59 Å². The van der Waals surface area contributed by atoms with E-state index in [1.807, 2.05) is 0 Å². The van der Waals surface area contributed by atoms with E-state index in [2.05, 4.69) is 0 Å². The van der Waals surface area contributed by atoms with Gasteiger partial charge in [-0.15, -0.1) is 0 Å². The molecule has 0 aromatic rings. The van der Waals surface area contributed by atoms with Gasteiger partial charge in [-0.1, -0.05) is 0 Å². The first-order valence-corrected chi connectivity index (χ1v) is 6.69. The van der Waals surface area contributed by atoms with Crippen molar-refractivity contribution in [2.45, 2.75) is 45.1 Å². The number of nitrogens with two attached hydrogens (primary N) is 1. The smallest absolute Gasteiger partial charge is 0.311 e. The summed E-state index contributed by atoms with van der Waals surface area (Å²) in [5.41, 5.74) is 5.16. The van der Waals surface area contributed by atoms with Crippen molar-refractivity contribution in [2.24, 2.45) is 17.1 Å². The summed E-state index contributed by atoms with van der Waals surface area (Å²) in [6, 6.07) is -0.0458. The highest BCUT2D eigenvalue weighted by Gasteiger charge is 2.40. The summed E-state index contributed by atoms with van der Waals surface area (Å²) in [4.78, 5) is 25.0. The van der Waals surface area contributed by atoms with Crippen LogP contribution in [0.5, 0.6) is 0 Å². The molecule has 1 aliphatic heterocycles. The van der Waals surface area contributed by atoms with Crippen LogP contribution in [0.25, 0.3) is 0 Å². The van der Waals surface area contributed by atoms with Crippen molar-refractivity contribution in [1.82, 2.24) is 4.90 Å². The minimum Gasteiger partial charge on any atom is -0.481 e. The van der Waals surface area contributed by atoms with Crippen LogP contribution >= 0.6 is 0 Å². The maximum absolute atomic E-state index is 12.1. The van der Waals surface area contributed by atoms with E-state index >= 15 is 0 Å². The van der Waals surface area contributed by atoms with E-state index in [4.69, 9.17) is 5.73 Å². The summed E-state index contributed by atoms with van der Waals surface area (Å²) >= 11 is 0. The molecule has 1 heterocycles. The van der Waals surface area contributed by atoms with Gasteiger partial charge in [0.2, 0.25) is 5.91 Å². The summed E-state index contributed by atoms with van der Waals surface area (Å²) in [6.07, 6.45) is 4.01. The molecule has 1 saturated heterocycles. The van der Waals surface area contributed by atoms with Crippen LogP contribution in [0.4, 0.5) is 0 Å². The number of carbonyl (C=O) groups excluding carboxylic acids is 1. The number of amides is 1. The Balaban J connectivity index is 1.91. The lowest BCUT2D eigenvalue weighted by atomic mass is 9.82. The molecule has 2 unspecified atom stereocenters. The van der Waals surface area contributed by atoms with Crippen LogP contribution in [0.3, 0.4) is 0 Å². The highest BCUT2D eigenvalue weighted by molar-refractivity contribution is 5.80. The Hall–Kier alpha value is -1.10. The van der Waals surface area contributed by atoms with E-state index in [1.54, 1.807) is 11.8 Å². The monoisotopic (exact) mass is 254 g/mol. The maximum atomic E-state index is 12.1. The molecule has 2 rings (SSSR count). The first-order valence-electron chi connectivity index (χ1n) is 6.69. The number of carboxylic acid groups (broad SMARTS) is 1. The second kappa shape index (κ2) is 4.88. The second-order valence-corrected chi connectivity index (χ2v) is 5.99. The van der Waals surface area contributed by atoms with Crippen molar-refractivity contribution in [1.29, 1.82) is 0 Å². The van der Waals surface area contributed by atoms with Crippen molar-refractivity contribution in [3.05, 3.63) is 0 Å². The molecular weight excluding hydrogens is 232 g/mol. The zero-order valence-corrected chi connectivity index (χ0v) is 10.9. The zero-order valence-electron chi connectivity index (χ0n) is 10.9. The van der Waals surface area contributed by atoms with Crippen molar-refractivity contribution < 1.29 is 14.7 Å². The second-order valence-electron chi connectivity index (χ2n) is 5.99. The summed E-state index contributed by atoms with van der Waals surface area (Å²) in [5, 5.41) is 9.21. The summed E-state index contributed by atoms with van der Waals surface area (Å²) in [7, 11) is 0. The predicted molar refractivity (Wildman–Crippen MR) is 66.9 cm³/mol. The molecule has 2 fully saturated rings. The Morgan fingerprint density at radius 3 is 2.72 bits per heavy atom. The molecule has 2 aliphatic rings. The first kappa shape index (κ1) is 13.3. The van der Waals surface area contributed by atoms with Crippen LogP contribution < -0.4 is 5.73 Å². The SMILES string of the molecule is CC1(C(=O)O)CCCN(C(=O)CC(N)C2CC2)C1. The number of aliphatic carboxylic acids is 1. The number of carboxylic acids is 1. The highest BCUT2D eigenvalue weighted by Crippen LogP contribution is 2.34. The van der Waals surface area contributed by atoms with Gasteiger partial charge in [0.1, 0.15) is 0 Å². The van der Waals surface area contributed by atoms with Gasteiger partial charge in [-0.2, -0.15) is 0 Å². The Morgan fingerprint density at radius 2 is 2.17 bits per heavy atom. The van der Waals surface area contributed by atoms with E-state index < -0.39 is 11.4 Å². The molecule has 1 amide bonds. The standard InChI is InChI=1S/C13H22N2O3/c1-13(12(17)18)5-2-6-15(8-13)11(16)7-10(14)9-3-4-9/h9-10H,2-8,14H2,1H3,(H,17,18). The van der Waals surface area contributed by atoms with Crippen LogP contribution in [0.2, 0.25) is 0 Å². The van der Waals surface area contributed by atoms with Crippen LogP contribution in [-0.4, -0.2) is 41.0 Å². The quantitative estimate of drug-likeness (QED) is 0.778. The number of nitrogens with zero attached hydrogens (tertiary/aromatic N) is 1. The van der Waals surface area contributed by atoms with Gasteiger partial charge in [0.15, 0.2) is 0 Å². The Bertz CT molecular complexity index is 354. The topological polar surface area (TPSA) is 83.6 Å². The first-order chi connectivity index (χ1) is 8.42. The third-order valence-electron chi connectivity index (χ3n) is 4.20. The van der Waals surface area contributed by atoms with Gasteiger partial charge in [-0.3, -0.25) is 9.59 Å². The van der Waals surface area contributed by atoms with Crippen LogP contribution in [0.1, 0.15) is 39.0 Å². The number of hydrogen-bond acceptors (Lipinski definition) is 3. The van der Waals surface area contributed by atoms with Crippen LogP contribution in [0, 0.1) is 11.3 Å². The van der Waals surface area contributed by atoms with Gasteiger partial charge >= 0.3 is 5.97 Å². The normalized spacial score (nSPS) is 30.0. The van der Waals surface area contributed by atoms with Gasteiger partial charge < -0.3 is 15.7 Å². The number of piperidine rings is 1. The summed E-state index contributed by atoms with van der Waals surface area (Å²) < 4.78 is 0. The van der Waals surface area contributed by atoms with Gasteiger partial charge in [0.25, 0.3) is 0 Å². The fourth-order valence-electron chi connectivity index (χ4n) is 2.65. The lowest BCUT2D eigenvalue weighted by Gasteiger charge is -2.38.